The highest BCUT2D eigenvalue weighted by molar-refractivity contribution is 6.01. The molecule has 4 heteroatoms. The number of carbonyl (C=O) groups is 1. The lowest BCUT2D eigenvalue weighted by Gasteiger charge is -2.34. The van der Waals surface area contributed by atoms with Crippen LogP contribution in [-0.4, -0.2) is 43.5 Å². The van der Waals surface area contributed by atoms with Crippen molar-refractivity contribution in [3.8, 4) is 22.3 Å². The number of unbranched alkanes of at least 4 members (excludes halogenated alkanes) is 1. The molecule has 2 N–H and O–H groups in total. The first-order chi connectivity index (χ1) is 16.6. The number of rotatable bonds is 6. The number of hydrogen-bond acceptors (Lipinski definition) is 3. The van der Waals surface area contributed by atoms with E-state index < -0.39 is 0 Å². The van der Waals surface area contributed by atoms with E-state index >= 15 is 0 Å². The van der Waals surface area contributed by atoms with Crippen LogP contribution in [0.2, 0.25) is 0 Å². The Balaban J connectivity index is 1.72. The van der Waals surface area contributed by atoms with Crippen molar-refractivity contribution in [2.24, 2.45) is 0 Å². The normalized spacial score (nSPS) is 17.3. The zero-order valence-electron chi connectivity index (χ0n) is 20.6. The van der Waals surface area contributed by atoms with Crippen LogP contribution in [0.25, 0.3) is 22.3 Å². The second kappa shape index (κ2) is 9.73. The smallest absolute Gasteiger partial charge is 0.251 e. The van der Waals surface area contributed by atoms with Gasteiger partial charge in [-0.3, -0.25) is 9.69 Å². The first-order valence-electron chi connectivity index (χ1n) is 12.7. The average Bonchev–Trinajstić information content (AvgIpc) is 3.20. The third kappa shape index (κ3) is 4.06. The summed E-state index contributed by atoms with van der Waals surface area (Å²) in [6.45, 7) is 11.2. The van der Waals surface area contributed by atoms with Crippen molar-refractivity contribution < 1.29 is 4.79 Å². The fourth-order valence-corrected chi connectivity index (χ4v) is 5.51. The summed E-state index contributed by atoms with van der Waals surface area (Å²) in [5.41, 5.74) is 10.9. The zero-order valence-corrected chi connectivity index (χ0v) is 20.6. The molecule has 34 heavy (non-hydrogen) atoms. The van der Waals surface area contributed by atoms with E-state index in [9.17, 15) is 4.79 Å². The van der Waals surface area contributed by atoms with E-state index in [0.29, 0.717) is 6.54 Å². The van der Waals surface area contributed by atoms with E-state index in [0.717, 1.165) is 44.6 Å². The SMILES string of the molecule is CCCCNC(=O)c1cc(-c2cccc(C)c2C)c2c(c1)C(N1CCNCC1)c1ccccc1-2. The van der Waals surface area contributed by atoms with Crippen LogP contribution in [-0.2, 0) is 0 Å². The van der Waals surface area contributed by atoms with Gasteiger partial charge < -0.3 is 10.6 Å². The van der Waals surface area contributed by atoms with Crippen molar-refractivity contribution >= 4 is 5.91 Å². The van der Waals surface area contributed by atoms with Crippen molar-refractivity contribution in [3.05, 3.63) is 82.4 Å². The molecule has 0 radical (unpaired) electrons. The fraction of sp³-hybridized carbons (Fsp3) is 0.367. The summed E-state index contributed by atoms with van der Waals surface area (Å²) in [5, 5.41) is 6.64. The minimum atomic E-state index is 0.0258. The van der Waals surface area contributed by atoms with Crippen molar-refractivity contribution in [3.63, 3.8) is 0 Å². The molecule has 0 saturated carbocycles. The molecule has 1 aliphatic heterocycles. The van der Waals surface area contributed by atoms with Gasteiger partial charge in [0, 0.05) is 38.3 Å². The summed E-state index contributed by atoms with van der Waals surface area (Å²) in [5.74, 6) is 0.0258. The van der Waals surface area contributed by atoms with Gasteiger partial charge in [-0.2, -0.15) is 0 Å². The Morgan fingerprint density at radius 1 is 0.971 bits per heavy atom. The van der Waals surface area contributed by atoms with Gasteiger partial charge >= 0.3 is 0 Å². The van der Waals surface area contributed by atoms with Crippen LogP contribution >= 0.6 is 0 Å². The summed E-state index contributed by atoms with van der Waals surface area (Å²) >= 11 is 0. The molecular formula is C30H35N3O. The van der Waals surface area contributed by atoms with E-state index in [4.69, 9.17) is 0 Å². The second-order valence-electron chi connectivity index (χ2n) is 9.62. The van der Waals surface area contributed by atoms with Crippen LogP contribution in [0, 0.1) is 13.8 Å². The summed E-state index contributed by atoms with van der Waals surface area (Å²) in [6, 6.07) is 19.8. The maximum absolute atomic E-state index is 13.3. The molecule has 1 atom stereocenters. The molecule has 3 aromatic rings. The highest BCUT2D eigenvalue weighted by atomic mass is 16.1. The van der Waals surface area contributed by atoms with Crippen LogP contribution in [0.4, 0.5) is 0 Å². The van der Waals surface area contributed by atoms with Crippen molar-refractivity contribution in [2.75, 3.05) is 32.7 Å². The summed E-state index contributed by atoms with van der Waals surface area (Å²) in [7, 11) is 0. The van der Waals surface area contributed by atoms with Gasteiger partial charge in [-0.25, -0.2) is 0 Å². The summed E-state index contributed by atoms with van der Waals surface area (Å²) in [6.07, 6.45) is 2.06. The van der Waals surface area contributed by atoms with Crippen LogP contribution in [0.1, 0.15) is 58.4 Å². The number of benzene rings is 3. The first-order valence-corrected chi connectivity index (χ1v) is 12.7. The van der Waals surface area contributed by atoms with Gasteiger partial charge in [0.25, 0.3) is 5.91 Å². The lowest BCUT2D eigenvalue weighted by Crippen LogP contribution is -2.45. The highest BCUT2D eigenvalue weighted by Gasteiger charge is 2.36. The molecule has 0 bridgehead atoms. The van der Waals surface area contributed by atoms with Crippen LogP contribution in [0.3, 0.4) is 0 Å². The van der Waals surface area contributed by atoms with Gasteiger partial charge in [0.1, 0.15) is 0 Å². The van der Waals surface area contributed by atoms with Crippen molar-refractivity contribution in [2.45, 2.75) is 39.7 Å². The molecule has 4 nitrogen and oxygen atoms in total. The number of amides is 1. The Morgan fingerprint density at radius 2 is 1.74 bits per heavy atom. The molecule has 1 fully saturated rings. The average molecular weight is 454 g/mol. The lowest BCUT2D eigenvalue weighted by atomic mass is 9.88. The molecule has 1 aliphatic carbocycles. The van der Waals surface area contributed by atoms with Gasteiger partial charge in [0.15, 0.2) is 0 Å². The number of nitrogens with zero attached hydrogens (tertiary/aromatic N) is 1. The molecule has 1 amide bonds. The molecule has 1 unspecified atom stereocenters. The topological polar surface area (TPSA) is 44.4 Å². The van der Waals surface area contributed by atoms with Gasteiger partial charge in [-0.05, 0) is 76.9 Å². The fourth-order valence-electron chi connectivity index (χ4n) is 5.51. The minimum Gasteiger partial charge on any atom is -0.352 e. The van der Waals surface area contributed by atoms with E-state index in [1.165, 1.54) is 44.5 Å². The Bertz CT molecular complexity index is 1210. The Morgan fingerprint density at radius 3 is 2.53 bits per heavy atom. The maximum atomic E-state index is 13.3. The molecule has 5 rings (SSSR count). The predicted molar refractivity (Wildman–Crippen MR) is 140 cm³/mol. The number of piperazine rings is 1. The number of fused-ring (bicyclic) bond motifs is 3. The quantitative estimate of drug-likeness (QED) is 0.486. The monoisotopic (exact) mass is 453 g/mol. The van der Waals surface area contributed by atoms with Gasteiger partial charge in [-0.15, -0.1) is 0 Å². The Labute approximate surface area is 203 Å². The van der Waals surface area contributed by atoms with Gasteiger partial charge in [0.05, 0.1) is 6.04 Å². The van der Waals surface area contributed by atoms with E-state index in [1.807, 2.05) is 0 Å². The molecule has 2 aliphatic rings. The maximum Gasteiger partial charge on any atom is 0.251 e. The first kappa shape index (κ1) is 22.8. The molecule has 3 aromatic carbocycles. The Hall–Kier alpha value is -2.95. The third-order valence-electron chi connectivity index (χ3n) is 7.48. The molecule has 1 heterocycles. The Kier molecular flexibility index (Phi) is 6.53. The van der Waals surface area contributed by atoms with Gasteiger partial charge in [-0.1, -0.05) is 55.8 Å². The molecule has 0 aromatic heterocycles. The minimum absolute atomic E-state index is 0.0258. The zero-order chi connectivity index (χ0) is 23.7. The van der Waals surface area contributed by atoms with Gasteiger partial charge in [0.2, 0.25) is 0 Å². The summed E-state index contributed by atoms with van der Waals surface area (Å²) < 4.78 is 0. The largest absolute Gasteiger partial charge is 0.352 e. The predicted octanol–water partition coefficient (Wildman–Crippen LogP) is 5.48. The van der Waals surface area contributed by atoms with Crippen LogP contribution < -0.4 is 10.6 Å². The van der Waals surface area contributed by atoms with Crippen LogP contribution in [0.15, 0.2) is 54.6 Å². The van der Waals surface area contributed by atoms with Crippen LogP contribution in [0.5, 0.6) is 0 Å². The van der Waals surface area contributed by atoms with E-state index in [1.54, 1.807) is 0 Å². The number of nitrogens with one attached hydrogen (secondary N) is 2. The molecule has 1 saturated heterocycles. The van der Waals surface area contributed by atoms with E-state index in [2.05, 4.69) is 90.9 Å². The van der Waals surface area contributed by atoms with Crippen molar-refractivity contribution in [1.29, 1.82) is 0 Å². The highest BCUT2D eigenvalue weighted by Crippen LogP contribution is 2.51. The number of carbonyl (C=O) groups excluding carboxylic acids is 1. The van der Waals surface area contributed by atoms with E-state index in [-0.39, 0.29) is 11.9 Å². The van der Waals surface area contributed by atoms with Crippen molar-refractivity contribution in [1.82, 2.24) is 15.5 Å². The summed E-state index contributed by atoms with van der Waals surface area (Å²) in [4.78, 5) is 15.9. The number of aryl methyl sites for hydroxylation is 1. The molecular weight excluding hydrogens is 418 g/mol. The second-order valence-corrected chi connectivity index (χ2v) is 9.62. The standard InChI is InChI=1S/C30H35N3O/c1-4-5-13-32-30(34)22-18-26(23-12-8-9-20(2)21(23)3)28-24-10-6-7-11-25(24)29(27(28)19-22)33-16-14-31-15-17-33/h6-12,18-19,29,31H,4-5,13-17H2,1-3H3,(H,32,34). The number of hydrogen-bond donors (Lipinski definition) is 2. The molecule has 0 spiro atoms. The lowest BCUT2D eigenvalue weighted by molar-refractivity contribution is 0.0953. The molecule has 176 valence electrons. The third-order valence-corrected chi connectivity index (χ3v) is 7.48.